The van der Waals surface area contributed by atoms with Crippen LogP contribution in [-0.4, -0.2) is 43.9 Å². The summed E-state index contributed by atoms with van der Waals surface area (Å²) in [4.78, 5) is 16.2. The second-order valence-corrected chi connectivity index (χ2v) is 8.04. The molecule has 8 heteroatoms. The molecule has 3 aromatic rings. The fraction of sp³-hybridized carbons (Fsp3) is 0.296. The smallest absolute Gasteiger partial charge is 0.255 e. The molecule has 7 nitrogen and oxygen atoms in total. The molecule has 0 aliphatic carbocycles. The van der Waals surface area contributed by atoms with E-state index in [0.717, 1.165) is 0 Å². The van der Waals surface area contributed by atoms with Crippen LogP contribution in [0.3, 0.4) is 0 Å². The van der Waals surface area contributed by atoms with E-state index in [1.54, 1.807) is 25.4 Å². The van der Waals surface area contributed by atoms with Crippen molar-refractivity contribution in [3.05, 3.63) is 59.3 Å². The Morgan fingerprint density at radius 2 is 1.80 bits per heavy atom. The van der Waals surface area contributed by atoms with Gasteiger partial charge in [-0.15, -0.1) is 0 Å². The monoisotopic (exact) mass is 473 g/mol. The van der Waals surface area contributed by atoms with Crippen LogP contribution in [0.15, 0.2) is 42.6 Å². The SMILES string of the molecule is CC[C@@H]1[C@H](F)C(=O)N[C@@H]1COc1ncc(C#Cc2ccccc2OC)c2cc(C#N)c(OC)cc12. The average Bonchev–Trinajstić information content (AvgIpc) is 3.17. The van der Waals surface area contributed by atoms with Gasteiger partial charge in [-0.05, 0) is 30.7 Å². The number of aromatic nitrogens is 1. The first-order valence-electron chi connectivity index (χ1n) is 11.1. The highest BCUT2D eigenvalue weighted by Crippen LogP contribution is 2.33. The third-order valence-corrected chi connectivity index (χ3v) is 6.07. The summed E-state index contributed by atoms with van der Waals surface area (Å²) in [7, 11) is 3.05. The zero-order valence-electron chi connectivity index (χ0n) is 19.6. The van der Waals surface area contributed by atoms with Gasteiger partial charge in [0, 0.05) is 22.9 Å². The number of nitrogens with one attached hydrogen (secondary N) is 1. The number of carbonyl (C=O) groups excluding carboxylic acids is 1. The van der Waals surface area contributed by atoms with Crippen molar-refractivity contribution in [2.75, 3.05) is 20.8 Å². The molecule has 3 atom stereocenters. The predicted molar refractivity (Wildman–Crippen MR) is 128 cm³/mol. The number of pyridine rings is 1. The summed E-state index contributed by atoms with van der Waals surface area (Å²) in [5.41, 5.74) is 1.63. The molecule has 0 radical (unpaired) electrons. The Hall–Kier alpha value is -4.30. The van der Waals surface area contributed by atoms with Crippen LogP contribution in [0.2, 0.25) is 0 Å². The third kappa shape index (κ3) is 4.69. The predicted octanol–water partition coefficient (Wildman–Crippen LogP) is 3.76. The Morgan fingerprint density at radius 1 is 1.06 bits per heavy atom. The lowest BCUT2D eigenvalue weighted by atomic mass is 9.97. The van der Waals surface area contributed by atoms with Crippen molar-refractivity contribution in [2.45, 2.75) is 25.6 Å². The standard InChI is InChI=1S/C27H24FN3O4/c1-4-19-22(31-26(32)25(19)28)15-35-27-21-12-24(34-3)18(13-29)11-20(21)17(14-30-27)10-9-16-7-5-6-8-23(16)33-2/h5-8,11-12,14,19,22,25H,4,15H2,1-3H3,(H,31,32)/t19-,22+,25-/m0/s1. The zero-order chi connectivity index (χ0) is 24.9. The number of rotatable bonds is 6. The van der Waals surface area contributed by atoms with Crippen LogP contribution in [0.1, 0.15) is 30.0 Å². The Morgan fingerprint density at radius 3 is 2.51 bits per heavy atom. The number of methoxy groups -OCH3 is 2. The van der Waals surface area contributed by atoms with Gasteiger partial charge in [0.25, 0.3) is 5.91 Å². The average molecular weight is 474 g/mol. The van der Waals surface area contributed by atoms with Gasteiger partial charge in [0.2, 0.25) is 5.88 Å². The lowest BCUT2D eigenvalue weighted by molar-refractivity contribution is -0.123. The van der Waals surface area contributed by atoms with Crippen molar-refractivity contribution in [3.8, 4) is 35.3 Å². The molecule has 0 unspecified atom stereocenters. The Kier molecular flexibility index (Phi) is 7.03. The number of hydrogen-bond acceptors (Lipinski definition) is 6. The third-order valence-electron chi connectivity index (χ3n) is 6.07. The highest BCUT2D eigenvalue weighted by Gasteiger charge is 2.41. The highest BCUT2D eigenvalue weighted by molar-refractivity contribution is 5.94. The number of nitrogens with zero attached hydrogens (tertiary/aromatic N) is 2. The molecule has 35 heavy (non-hydrogen) atoms. The van der Waals surface area contributed by atoms with Gasteiger partial charge >= 0.3 is 0 Å². The first-order valence-corrected chi connectivity index (χ1v) is 11.1. The molecule has 0 spiro atoms. The van der Waals surface area contributed by atoms with Crippen molar-refractivity contribution in [2.24, 2.45) is 5.92 Å². The van der Waals surface area contributed by atoms with E-state index in [4.69, 9.17) is 14.2 Å². The van der Waals surface area contributed by atoms with E-state index in [1.807, 2.05) is 31.2 Å². The summed E-state index contributed by atoms with van der Waals surface area (Å²) >= 11 is 0. The Balaban J connectivity index is 1.74. The van der Waals surface area contributed by atoms with Crippen LogP contribution in [0, 0.1) is 29.1 Å². The van der Waals surface area contributed by atoms with Gasteiger partial charge < -0.3 is 19.5 Å². The first kappa shape index (κ1) is 23.8. The van der Waals surface area contributed by atoms with E-state index < -0.39 is 24.0 Å². The molecule has 1 aliphatic rings. The number of fused-ring (bicyclic) bond motifs is 1. The Labute approximate surface area is 202 Å². The minimum atomic E-state index is -1.55. The number of nitriles is 1. The van der Waals surface area contributed by atoms with E-state index in [9.17, 15) is 14.4 Å². The van der Waals surface area contributed by atoms with Crippen molar-refractivity contribution in [1.29, 1.82) is 5.26 Å². The number of carbonyl (C=O) groups is 1. The molecule has 2 aromatic carbocycles. The molecule has 1 N–H and O–H groups in total. The summed E-state index contributed by atoms with van der Waals surface area (Å²) in [6, 6.07) is 12.4. The topological polar surface area (TPSA) is 93.5 Å². The largest absolute Gasteiger partial charge is 0.495 e. The second kappa shape index (κ2) is 10.3. The van der Waals surface area contributed by atoms with Gasteiger partial charge in [-0.2, -0.15) is 5.26 Å². The highest BCUT2D eigenvalue weighted by atomic mass is 19.1. The molecule has 1 aliphatic heterocycles. The number of ether oxygens (including phenoxy) is 3. The lowest BCUT2D eigenvalue weighted by Gasteiger charge is -2.19. The molecule has 1 amide bonds. The lowest BCUT2D eigenvalue weighted by Crippen LogP contribution is -2.34. The number of halogens is 1. The maximum Gasteiger partial charge on any atom is 0.255 e. The van der Waals surface area contributed by atoms with Gasteiger partial charge in [0.15, 0.2) is 6.17 Å². The summed E-state index contributed by atoms with van der Waals surface area (Å²) in [6.07, 6.45) is 0.513. The minimum Gasteiger partial charge on any atom is -0.495 e. The van der Waals surface area contributed by atoms with Gasteiger partial charge in [-0.1, -0.05) is 30.9 Å². The van der Waals surface area contributed by atoms with Crippen LogP contribution in [0.25, 0.3) is 10.8 Å². The molecule has 2 heterocycles. The van der Waals surface area contributed by atoms with E-state index in [1.165, 1.54) is 7.11 Å². The van der Waals surface area contributed by atoms with E-state index in [0.29, 0.717) is 45.4 Å². The zero-order valence-corrected chi connectivity index (χ0v) is 19.6. The molecular weight excluding hydrogens is 449 g/mol. The number of alkyl halides is 1. The molecule has 1 fully saturated rings. The van der Waals surface area contributed by atoms with Gasteiger partial charge in [-0.3, -0.25) is 4.79 Å². The van der Waals surface area contributed by atoms with Crippen LogP contribution in [0.5, 0.6) is 17.4 Å². The van der Waals surface area contributed by atoms with Crippen molar-refractivity contribution in [1.82, 2.24) is 10.3 Å². The maximum absolute atomic E-state index is 14.2. The quantitative estimate of drug-likeness (QED) is 0.548. The van der Waals surface area contributed by atoms with Crippen molar-refractivity contribution >= 4 is 16.7 Å². The molecule has 1 aromatic heterocycles. The van der Waals surface area contributed by atoms with Crippen LogP contribution < -0.4 is 19.5 Å². The fourth-order valence-corrected chi connectivity index (χ4v) is 4.19. The summed E-state index contributed by atoms with van der Waals surface area (Å²) < 4.78 is 30.9. The van der Waals surface area contributed by atoms with Gasteiger partial charge in [-0.25, -0.2) is 9.37 Å². The van der Waals surface area contributed by atoms with Crippen molar-refractivity contribution in [3.63, 3.8) is 0 Å². The molecule has 0 saturated carbocycles. The number of hydrogen-bond donors (Lipinski definition) is 1. The number of para-hydroxylation sites is 1. The number of amides is 1. The second-order valence-electron chi connectivity index (χ2n) is 8.04. The summed E-state index contributed by atoms with van der Waals surface area (Å²) in [5, 5.41) is 13.5. The van der Waals surface area contributed by atoms with Gasteiger partial charge in [0.1, 0.15) is 24.2 Å². The van der Waals surface area contributed by atoms with Crippen LogP contribution >= 0.6 is 0 Å². The van der Waals surface area contributed by atoms with Gasteiger partial charge in [0.05, 0.1) is 37.0 Å². The van der Waals surface area contributed by atoms with E-state index in [-0.39, 0.29) is 12.5 Å². The molecule has 1 saturated heterocycles. The minimum absolute atomic E-state index is 0.0569. The van der Waals surface area contributed by atoms with E-state index in [2.05, 4.69) is 28.2 Å². The molecule has 0 bridgehead atoms. The van der Waals surface area contributed by atoms with E-state index >= 15 is 0 Å². The molecular formula is C27H24FN3O4. The number of benzene rings is 2. The normalized spacial score (nSPS) is 18.8. The summed E-state index contributed by atoms with van der Waals surface area (Å²) in [5.74, 6) is 6.41. The Bertz CT molecular complexity index is 1370. The molecule has 178 valence electrons. The molecule has 4 rings (SSSR count). The van der Waals surface area contributed by atoms with Crippen LogP contribution in [-0.2, 0) is 4.79 Å². The first-order chi connectivity index (χ1) is 17.0. The summed E-state index contributed by atoms with van der Waals surface area (Å²) in [6.45, 7) is 1.89. The fourth-order valence-electron chi connectivity index (χ4n) is 4.19. The van der Waals surface area contributed by atoms with Crippen molar-refractivity contribution < 1.29 is 23.4 Å². The maximum atomic E-state index is 14.2. The van der Waals surface area contributed by atoms with Crippen LogP contribution in [0.4, 0.5) is 4.39 Å².